The predicted octanol–water partition coefficient (Wildman–Crippen LogP) is 19.4. The Kier molecular flexibility index (Phi) is 21.1. The first-order valence-corrected chi connectivity index (χ1v) is 33.1. The summed E-state index contributed by atoms with van der Waals surface area (Å²) >= 11 is 0. The second kappa shape index (κ2) is 30.2. The second-order valence-corrected chi connectivity index (χ2v) is 25.4. The van der Waals surface area contributed by atoms with Gasteiger partial charge in [-0.05, 0) is 204 Å². The Hall–Kier alpha value is -11.0. The standard InChI is InChI=1S/C40H29N3.C23H21NO.C19H15N2OP.2H2O/c1-42-40-36-16-8-7-15-34(36)38(27-41)35-25-22-29(26-37(35)40)19-18-28-20-23-32(24-21-28)43(31-12-3-2-4-13-31)39-17-9-11-30-10-5-6-14-33(30)39;25-17-18-13-15-21(16-14-18)24(20-9-2-1-3-10-20)23-12-6-8-19-7-4-5-11-22(19)23;1-23(12-22)11-13-6-7-16-17(8-13)19(10-21)15-5-3-2-4-14(15)18(16)9-20;;/h2-4,7-9,11-13,15-26H,5-6,10,14H2;1-3,6,8-10,12-17H,4-5,7,11H2;2-8,22H,11-12H2,1H3;2*1H2. The zero-order chi connectivity index (χ0) is 62.6. The van der Waals surface area contributed by atoms with E-state index in [4.69, 9.17) is 6.57 Å². The van der Waals surface area contributed by atoms with Crippen molar-refractivity contribution in [2.75, 3.05) is 22.8 Å². The number of fused-ring (bicyclic) bond motifs is 6. The summed E-state index contributed by atoms with van der Waals surface area (Å²) in [5.41, 5.74) is 19.2. The number of carbonyl (C=O) groups is 1. The Morgan fingerprint density at radius 2 is 0.860 bits per heavy atom. The molecule has 0 spiro atoms. The number of carbonyl (C=O) groups excluding carboxylic acids is 1. The molecule has 12 aromatic carbocycles. The van der Waals surface area contributed by atoms with Crippen LogP contribution >= 0.6 is 7.92 Å². The van der Waals surface area contributed by atoms with Gasteiger partial charge in [-0.3, -0.25) is 4.79 Å². The average Bonchev–Trinajstić information content (AvgIpc) is 0.791. The van der Waals surface area contributed by atoms with Crippen LogP contribution in [0, 0.1) is 40.6 Å². The maximum Gasteiger partial charge on any atom is 0.202 e. The highest BCUT2D eigenvalue weighted by molar-refractivity contribution is 7.55. The van der Waals surface area contributed by atoms with Crippen LogP contribution < -0.4 is 9.80 Å². The monoisotopic (exact) mass is 1230 g/mol. The maximum absolute atomic E-state index is 11.0. The first-order valence-electron chi connectivity index (χ1n) is 30.9. The zero-order valence-electron chi connectivity index (χ0n) is 51.7. The first kappa shape index (κ1) is 64.9. The Morgan fingerprint density at radius 3 is 1.35 bits per heavy atom. The minimum Gasteiger partial charge on any atom is -0.412 e. The number of aryl methyl sites for hydroxylation is 2. The van der Waals surface area contributed by atoms with Crippen molar-refractivity contribution in [1.29, 1.82) is 15.8 Å². The molecular formula is C82H69N6O4P. The molecule has 0 amide bonds. The maximum atomic E-state index is 11.0. The molecule has 0 fully saturated rings. The van der Waals surface area contributed by atoms with Gasteiger partial charge in [-0.1, -0.05) is 172 Å². The Balaban J connectivity index is 0.000000162. The topological polar surface area (TPSA) is 183 Å². The summed E-state index contributed by atoms with van der Waals surface area (Å²) in [7, 11) is -0.462. The molecule has 1 unspecified atom stereocenters. The average molecular weight is 1230 g/mol. The van der Waals surface area contributed by atoms with Crippen molar-refractivity contribution in [2.24, 2.45) is 0 Å². The lowest BCUT2D eigenvalue weighted by atomic mass is 9.90. The van der Waals surface area contributed by atoms with Crippen LogP contribution in [-0.4, -0.2) is 35.4 Å². The van der Waals surface area contributed by atoms with Gasteiger partial charge in [-0.15, -0.1) is 0 Å². The third kappa shape index (κ3) is 13.7. The largest absolute Gasteiger partial charge is 0.412 e. The van der Waals surface area contributed by atoms with Gasteiger partial charge in [0.05, 0.1) is 29.6 Å². The number of hydrogen-bond acceptors (Lipinski definition) is 7. The number of nitriles is 3. The van der Waals surface area contributed by atoms with Crippen LogP contribution in [0.3, 0.4) is 0 Å². The SMILES string of the molecule is CP(CO)Cc1ccc2c(C#N)c3ccccc3c(C#N)c2c1.O.O.O=Cc1ccc(N(c2ccccc2)c2cccc3c2CCCC3)cc1.[C-]#[N+]c1c2ccccc2c(C#N)c2ccc(C=Cc3ccc(N(c4ccccc4)c4cccc5c4CCCC5)cc3)cc12. The molecule has 14 rings (SSSR count). The fourth-order valence-corrected chi connectivity index (χ4v) is 13.9. The molecule has 0 radical (unpaired) electrons. The highest BCUT2D eigenvalue weighted by atomic mass is 31.1. The third-order valence-electron chi connectivity index (χ3n) is 17.4. The van der Waals surface area contributed by atoms with Crippen molar-refractivity contribution >= 4 is 109 Å². The van der Waals surface area contributed by atoms with E-state index in [0.717, 1.165) is 121 Å². The number of aldehydes is 1. The van der Waals surface area contributed by atoms with Gasteiger partial charge in [-0.2, -0.15) is 15.8 Å². The molecule has 11 heteroatoms. The van der Waals surface area contributed by atoms with E-state index in [2.05, 4.69) is 160 Å². The van der Waals surface area contributed by atoms with Gasteiger partial charge in [0.25, 0.3) is 0 Å². The molecule has 5 N–H and O–H groups in total. The van der Waals surface area contributed by atoms with Crippen LogP contribution in [0.2, 0.25) is 0 Å². The molecule has 2 aliphatic rings. The summed E-state index contributed by atoms with van der Waals surface area (Å²) in [5, 5.41) is 45.0. The van der Waals surface area contributed by atoms with E-state index in [9.17, 15) is 25.7 Å². The molecule has 0 saturated heterocycles. The smallest absolute Gasteiger partial charge is 0.202 e. The summed E-state index contributed by atoms with van der Waals surface area (Å²) in [4.78, 5) is 19.6. The molecule has 0 heterocycles. The molecule has 10 nitrogen and oxygen atoms in total. The lowest BCUT2D eigenvalue weighted by Crippen LogP contribution is -2.15. The minimum absolute atomic E-state index is 0. The van der Waals surface area contributed by atoms with Crippen molar-refractivity contribution in [3.8, 4) is 18.2 Å². The number of hydrogen-bond donors (Lipinski definition) is 1. The van der Waals surface area contributed by atoms with Gasteiger partial charge in [-0.25, -0.2) is 4.85 Å². The van der Waals surface area contributed by atoms with Gasteiger partial charge in [0.15, 0.2) is 0 Å². The van der Waals surface area contributed by atoms with Gasteiger partial charge in [0.2, 0.25) is 5.69 Å². The normalized spacial score (nSPS) is 12.3. The fourth-order valence-electron chi connectivity index (χ4n) is 13.0. The van der Waals surface area contributed by atoms with Crippen molar-refractivity contribution < 1.29 is 20.9 Å². The van der Waals surface area contributed by atoms with E-state index >= 15 is 0 Å². The Morgan fingerprint density at radius 1 is 0.452 bits per heavy atom. The van der Waals surface area contributed by atoms with E-state index in [1.165, 1.54) is 59.3 Å². The molecular weight excluding hydrogens is 1160 g/mol. The van der Waals surface area contributed by atoms with Crippen LogP contribution in [-0.2, 0) is 31.8 Å². The number of benzene rings is 12. The molecule has 0 bridgehead atoms. The van der Waals surface area contributed by atoms with Crippen LogP contribution in [0.4, 0.5) is 39.8 Å². The van der Waals surface area contributed by atoms with Crippen LogP contribution in [0.25, 0.3) is 60.1 Å². The number of nitrogens with zero attached hydrogens (tertiary/aromatic N) is 6. The lowest BCUT2D eigenvalue weighted by molar-refractivity contribution is 0.112. The molecule has 456 valence electrons. The van der Waals surface area contributed by atoms with E-state index in [1.807, 2.05) is 122 Å². The van der Waals surface area contributed by atoms with Crippen molar-refractivity contribution in [1.82, 2.24) is 0 Å². The number of para-hydroxylation sites is 2. The highest BCUT2D eigenvalue weighted by Crippen LogP contribution is 2.44. The van der Waals surface area contributed by atoms with Gasteiger partial charge in [0.1, 0.15) is 24.5 Å². The molecule has 12 aromatic rings. The van der Waals surface area contributed by atoms with Gasteiger partial charge >= 0.3 is 0 Å². The molecule has 0 aromatic heterocycles. The van der Waals surface area contributed by atoms with Crippen LogP contribution in [0.5, 0.6) is 0 Å². The van der Waals surface area contributed by atoms with Crippen molar-refractivity contribution in [3.05, 3.63) is 303 Å². The summed E-state index contributed by atoms with van der Waals surface area (Å²) < 4.78 is 0. The summed E-state index contributed by atoms with van der Waals surface area (Å²) in [6, 6.07) is 85.1. The third-order valence-corrected chi connectivity index (χ3v) is 18.8. The number of rotatable bonds is 12. The van der Waals surface area contributed by atoms with Gasteiger partial charge < -0.3 is 25.9 Å². The Bertz CT molecular complexity index is 4890. The van der Waals surface area contributed by atoms with Crippen molar-refractivity contribution in [2.45, 2.75) is 57.5 Å². The minimum atomic E-state index is -0.462. The molecule has 0 saturated carbocycles. The quantitative estimate of drug-likeness (QED) is 0.0415. The van der Waals surface area contributed by atoms with E-state index in [-0.39, 0.29) is 17.3 Å². The highest BCUT2D eigenvalue weighted by Gasteiger charge is 2.23. The molecule has 1 atom stereocenters. The van der Waals surface area contributed by atoms with Crippen molar-refractivity contribution in [3.63, 3.8) is 0 Å². The van der Waals surface area contributed by atoms with Crippen LogP contribution in [0.15, 0.2) is 231 Å². The number of anilines is 6. The predicted molar refractivity (Wildman–Crippen MR) is 384 cm³/mol. The number of aliphatic hydroxyl groups is 1. The molecule has 93 heavy (non-hydrogen) atoms. The summed E-state index contributed by atoms with van der Waals surface area (Å²) in [6.45, 7) is 9.94. The van der Waals surface area contributed by atoms with E-state index < -0.39 is 7.92 Å². The second-order valence-electron chi connectivity index (χ2n) is 23.1. The van der Waals surface area contributed by atoms with Crippen LogP contribution in [0.1, 0.15) is 91.7 Å². The summed E-state index contributed by atoms with van der Waals surface area (Å²) in [6.07, 6.45) is 15.6. The first-order chi connectivity index (χ1) is 44.8. The zero-order valence-corrected chi connectivity index (χ0v) is 52.6. The van der Waals surface area contributed by atoms with E-state index in [1.54, 1.807) is 0 Å². The fraction of sp³-hybridized carbons (Fsp3) is 0.134. The Labute approximate surface area is 544 Å². The number of aliphatic hydroxyl groups excluding tert-OH is 1. The van der Waals surface area contributed by atoms with E-state index in [0.29, 0.717) is 27.9 Å². The van der Waals surface area contributed by atoms with Gasteiger partial charge in [0, 0.05) is 61.2 Å². The molecule has 0 aliphatic heterocycles. The molecule has 2 aliphatic carbocycles. The lowest BCUT2D eigenvalue weighted by Gasteiger charge is -2.30. The summed E-state index contributed by atoms with van der Waals surface area (Å²) in [5.74, 6) is 0.